The Morgan fingerprint density at radius 1 is 1.29 bits per heavy atom. The maximum Gasteiger partial charge on any atom is 0.163 e. The van der Waals surface area contributed by atoms with Crippen molar-refractivity contribution in [3.63, 3.8) is 0 Å². The molecule has 0 amide bonds. The normalized spacial score (nSPS) is 22.9. The molecule has 0 spiro atoms. The topological polar surface area (TPSA) is 44.8 Å². The third-order valence-electron chi connectivity index (χ3n) is 3.83. The van der Waals surface area contributed by atoms with Crippen LogP contribution in [0.2, 0.25) is 0 Å². The summed E-state index contributed by atoms with van der Waals surface area (Å²) in [4.78, 5) is 11.8. The smallest absolute Gasteiger partial charge is 0.163 e. The molecule has 1 aromatic rings. The molecule has 1 aliphatic heterocycles. The maximum atomic E-state index is 11.8. The molecule has 0 saturated carbocycles. The molecule has 2 rings (SSSR count). The second-order valence-electron chi connectivity index (χ2n) is 6.69. The Bertz CT molecular complexity index is 546. The lowest BCUT2D eigenvalue weighted by Gasteiger charge is -2.28. The van der Waals surface area contributed by atoms with Crippen LogP contribution in [-0.4, -0.2) is 30.2 Å². The van der Waals surface area contributed by atoms with Crippen LogP contribution in [0, 0.1) is 0 Å². The number of ketones is 1. The largest absolute Gasteiger partial charge is 0.497 e. The maximum absolute atomic E-state index is 11.8. The van der Waals surface area contributed by atoms with E-state index in [0.29, 0.717) is 17.1 Å². The van der Waals surface area contributed by atoms with E-state index < -0.39 is 5.60 Å². The molecule has 1 heterocycles. The molecule has 0 aliphatic carbocycles. The lowest BCUT2D eigenvalue weighted by Crippen LogP contribution is -2.37. The van der Waals surface area contributed by atoms with Crippen LogP contribution in [0.5, 0.6) is 11.5 Å². The highest BCUT2D eigenvalue weighted by Crippen LogP contribution is 2.40. The highest BCUT2D eigenvalue weighted by molar-refractivity contribution is 5.97. The molecule has 4 heteroatoms. The fraction of sp³-hybridized carbons (Fsp3) is 0.588. The van der Waals surface area contributed by atoms with E-state index in [1.165, 1.54) is 6.92 Å². The van der Waals surface area contributed by atoms with E-state index in [1.54, 1.807) is 25.3 Å². The van der Waals surface area contributed by atoms with Gasteiger partial charge in [0.2, 0.25) is 0 Å². The van der Waals surface area contributed by atoms with Gasteiger partial charge in [0.1, 0.15) is 23.2 Å². The predicted octanol–water partition coefficient (Wildman–Crippen LogP) is 3.62. The fourth-order valence-corrected chi connectivity index (χ4v) is 2.87. The molecule has 1 aliphatic rings. The van der Waals surface area contributed by atoms with Gasteiger partial charge in [-0.3, -0.25) is 4.79 Å². The summed E-state index contributed by atoms with van der Waals surface area (Å²) in [6.45, 7) is 9.67. The van der Waals surface area contributed by atoms with E-state index in [4.69, 9.17) is 14.2 Å². The number of ether oxygens (including phenoxy) is 3. The minimum absolute atomic E-state index is 0.0244. The van der Waals surface area contributed by atoms with Gasteiger partial charge in [0.15, 0.2) is 5.78 Å². The molecule has 1 aromatic carbocycles. The second-order valence-corrected chi connectivity index (χ2v) is 6.69. The second kappa shape index (κ2) is 5.34. The van der Waals surface area contributed by atoms with Gasteiger partial charge >= 0.3 is 0 Å². The molecule has 0 bridgehead atoms. The minimum Gasteiger partial charge on any atom is -0.497 e. The Kier molecular flexibility index (Phi) is 4.02. The molecule has 0 radical (unpaired) electrons. The van der Waals surface area contributed by atoms with E-state index in [0.717, 1.165) is 6.42 Å². The predicted molar refractivity (Wildman–Crippen MR) is 81.3 cm³/mol. The van der Waals surface area contributed by atoms with Crippen LogP contribution in [0.3, 0.4) is 0 Å². The number of rotatable bonds is 4. The zero-order chi connectivity index (χ0) is 15.8. The van der Waals surface area contributed by atoms with Crippen LogP contribution in [0.1, 0.15) is 51.4 Å². The molecule has 1 atom stereocenters. The number of benzene rings is 1. The summed E-state index contributed by atoms with van der Waals surface area (Å²) in [6.07, 6.45) is 0.659. The summed E-state index contributed by atoms with van der Waals surface area (Å²) in [7, 11) is 1.60. The third-order valence-corrected chi connectivity index (χ3v) is 3.83. The molecule has 116 valence electrons. The average Bonchev–Trinajstić information content (AvgIpc) is 2.56. The quantitative estimate of drug-likeness (QED) is 0.795. The Labute approximate surface area is 126 Å². The molecular weight excluding hydrogens is 268 g/mol. The van der Waals surface area contributed by atoms with Crippen LogP contribution in [0.4, 0.5) is 0 Å². The first-order valence-electron chi connectivity index (χ1n) is 7.20. The number of hydrogen-bond acceptors (Lipinski definition) is 4. The van der Waals surface area contributed by atoms with Gasteiger partial charge in [-0.05, 0) is 46.8 Å². The fourth-order valence-electron chi connectivity index (χ4n) is 2.87. The molecule has 1 unspecified atom stereocenters. The summed E-state index contributed by atoms with van der Waals surface area (Å²) in [5.74, 6) is 1.20. The van der Waals surface area contributed by atoms with Crippen LogP contribution in [0.25, 0.3) is 0 Å². The number of carbonyl (C=O) groups excluding carboxylic acids is 1. The third kappa shape index (κ3) is 3.38. The number of Topliss-reactive ketones (excluding diaryl/α,β-unsaturated/α-hetero) is 1. The SMILES string of the molecule is COc1ccc(C(C)=O)c(OC2CC(C)(C)OC2(C)C)c1. The Hall–Kier alpha value is -1.55. The molecule has 1 saturated heterocycles. The van der Waals surface area contributed by atoms with Crippen LogP contribution < -0.4 is 9.47 Å². The zero-order valence-electron chi connectivity index (χ0n) is 13.6. The van der Waals surface area contributed by atoms with Crippen molar-refractivity contribution in [2.45, 2.75) is 58.3 Å². The summed E-state index contributed by atoms with van der Waals surface area (Å²) in [5, 5.41) is 0. The van der Waals surface area contributed by atoms with E-state index in [9.17, 15) is 4.79 Å². The standard InChI is InChI=1S/C17H24O4/c1-11(18)13-8-7-12(19-6)9-14(13)20-15-10-16(2,3)21-17(15,4)5/h7-9,15H,10H2,1-6H3. The van der Waals surface area contributed by atoms with Gasteiger partial charge in [-0.25, -0.2) is 0 Å². The molecule has 0 N–H and O–H groups in total. The van der Waals surface area contributed by atoms with E-state index >= 15 is 0 Å². The average molecular weight is 292 g/mol. The Morgan fingerprint density at radius 2 is 1.95 bits per heavy atom. The van der Waals surface area contributed by atoms with E-state index in [-0.39, 0.29) is 17.5 Å². The Morgan fingerprint density at radius 3 is 2.43 bits per heavy atom. The van der Waals surface area contributed by atoms with Gasteiger partial charge in [0.05, 0.1) is 18.3 Å². The summed E-state index contributed by atoms with van der Waals surface area (Å²) < 4.78 is 17.4. The van der Waals surface area contributed by atoms with E-state index in [2.05, 4.69) is 13.8 Å². The van der Waals surface area contributed by atoms with Crippen molar-refractivity contribution in [3.05, 3.63) is 23.8 Å². The highest BCUT2D eigenvalue weighted by Gasteiger charge is 2.47. The summed E-state index contributed by atoms with van der Waals surface area (Å²) >= 11 is 0. The van der Waals surface area contributed by atoms with Crippen LogP contribution in [0.15, 0.2) is 18.2 Å². The van der Waals surface area contributed by atoms with E-state index in [1.807, 2.05) is 13.8 Å². The van der Waals surface area contributed by atoms with Gasteiger partial charge in [-0.2, -0.15) is 0 Å². The zero-order valence-corrected chi connectivity index (χ0v) is 13.6. The Balaban J connectivity index is 2.32. The summed E-state index contributed by atoms with van der Waals surface area (Å²) in [5.41, 5.74) is -0.0688. The van der Waals surface area contributed by atoms with Crippen LogP contribution >= 0.6 is 0 Å². The van der Waals surface area contributed by atoms with Gasteiger partial charge in [0.25, 0.3) is 0 Å². The monoisotopic (exact) mass is 292 g/mol. The van der Waals surface area contributed by atoms with Crippen molar-refractivity contribution in [1.82, 2.24) is 0 Å². The van der Waals surface area contributed by atoms with Crippen molar-refractivity contribution in [2.75, 3.05) is 7.11 Å². The summed E-state index contributed by atoms with van der Waals surface area (Å²) in [6, 6.07) is 5.27. The molecule has 1 fully saturated rings. The van der Waals surface area contributed by atoms with Gasteiger partial charge in [-0.1, -0.05) is 0 Å². The van der Waals surface area contributed by atoms with Gasteiger partial charge in [-0.15, -0.1) is 0 Å². The molecule has 0 aromatic heterocycles. The first-order chi connectivity index (χ1) is 9.64. The van der Waals surface area contributed by atoms with Crippen molar-refractivity contribution in [2.24, 2.45) is 0 Å². The molecule has 21 heavy (non-hydrogen) atoms. The van der Waals surface area contributed by atoms with Crippen molar-refractivity contribution >= 4 is 5.78 Å². The molecule has 4 nitrogen and oxygen atoms in total. The van der Waals surface area contributed by atoms with Gasteiger partial charge in [0, 0.05) is 12.5 Å². The van der Waals surface area contributed by atoms with Crippen molar-refractivity contribution in [3.8, 4) is 11.5 Å². The first-order valence-corrected chi connectivity index (χ1v) is 7.20. The lowest BCUT2D eigenvalue weighted by molar-refractivity contribution is -0.0846. The lowest BCUT2D eigenvalue weighted by atomic mass is 9.97. The van der Waals surface area contributed by atoms with Crippen molar-refractivity contribution < 1.29 is 19.0 Å². The minimum atomic E-state index is -0.402. The van der Waals surface area contributed by atoms with Crippen molar-refractivity contribution in [1.29, 1.82) is 0 Å². The van der Waals surface area contributed by atoms with Crippen LogP contribution in [-0.2, 0) is 4.74 Å². The molecular formula is C17H24O4. The highest BCUT2D eigenvalue weighted by atomic mass is 16.6. The number of carbonyl (C=O) groups is 1. The number of methoxy groups -OCH3 is 1. The first kappa shape index (κ1) is 15.8. The van der Waals surface area contributed by atoms with Gasteiger partial charge < -0.3 is 14.2 Å². The number of hydrogen-bond donors (Lipinski definition) is 0.